The fourth-order valence-electron chi connectivity index (χ4n) is 11.8. The zero-order chi connectivity index (χ0) is 33.3. The van der Waals surface area contributed by atoms with Crippen molar-refractivity contribution in [1.29, 1.82) is 0 Å². The summed E-state index contributed by atoms with van der Waals surface area (Å²) in [6, 6.07) is 0. The summed E-state index contributed by atoms with van der Waals surface area (Å²) in [6.07, 6.45) is 10.6. The number of carbonyl (C=O) groups excluding carboxylic acids is 3. The molecule has 6 nitrogen and oxygen atoms in total. The van der Waals surface area contributed by atoms with Crippen LogP contribution in [0.15, 0.2) is 11.1 Å². The maximum Gasteiger partial charge on any atom is 0.312 e. The highest BCUT2D eigenvalue weighted by Crippen LogP contribution is 2.72. The van der Waals surface area contributed by atoms with Gasteiger partial charge in [0.05, 0.1) is 11.8 Å². The zero-order valence-corrected chi connectivity index (χ0v) is 30.1. The molecule has 5 rings (SSSR count). The van der Waals surface area contributed by atoms with Gasteiger partial charge in [-0.05, 0) is 151 Å². The lowest BCUT2D eigenvalue weighted by atomic mass is 9.38. The summed E-state index contributed by atoms with van der Waals surface area (Å²) in [5.74, 6) is 2.58. The summed E-state index contributed by atoms with van der Waals surface area (Å²) in [5.41, 5.74) is 7.84. The number of rotatable bonds is 7. The lowest BCUT2D eigenvalue weighted by Gasteiger charge is -2.67. The number of nitrogens with two attached hydrogens (primary N) is 1. The molecule has 0 aromatic carbocycles. The molecule has 0 amide bonds. The van der Waals surface area contributed by atoms with E-state index in [4.69, 9.17) is 15.2 Å². The summed E-state index contributed by atoms with van der Waals surface area (Å²) < 4.78 is 11.8. The Morgan fingerprint density at radius 3 is 2.18 bits per heavy atom. The molecule has 0 aliphatic heterocycles. The number of esters is 2. The maximum absolute atomic E-state index is 13.5. The number of hydrogen-bond acceptors (Lipinski definition) is 6. The van der Waals surface area contributed by atoms with Gasteiger partial charge in [0.2, 0.25) is 0 Å². The van der Waals surface area contributed by atoms with Crippen LogP contribution in [0.1, 0.15) is 140 Å². The Kier molecular flexibility index (Phi) is 9.06. The van der Waals surface area contributed by atoms with Crippen LogP contribution in [0, 0.1) is 57.2 Å². The minimum atomic E-state index is -0.932. The van der Waals surface area contributed by atoms with Gasteiger partial charge in [0, 0.05) is 11.8 Å². The van der Waals surface area contributed by atoms with Gasteiger partial charge in [-0.1, -0.05) is 40.2 Å². The van der Waals surface area contributed by atoms with Crippen molar-refractivity contribution in [3.8, 4) is 0 Å². The van der Waals surface area contributed by atoms with E-state index in [0.29, 0.717) is 42.4 Å². The molecule has 0 saturated heterocycles. The van der Waals surface area contributed by atoms with E-state index in [0.717, 1.165) is 37.7 Å². The second-order valence-electron chi connectivity index (χ2n) is 18.4. The molecule has 0 radical (unpaired) electrons. The largest absolute Gasteiger partial charge is 0.462 e. The molecule has 0 aromatic rings. The topological polar surface area (TPSA) is 95.7 Å². The number of carbonyl (C=O) groups is 3. The van der Waals surface area contributed by atoms with Gasteiger partial charge < -0.3 is 15.2 Å². The first-order valence-corrected chi connectivity index (χ1v) is 18.2. The van der Waals surface area contributed by atoms with Crippen LogP contribution in [0.25, 0.3) is 0 Å². The molecule has 0 bridgehead atoms. The molecular weight excluding hydrogens is 562 g/mol. The fraction of sp³-hybridized carbons (Fsp3) is 0.872. The fourth-order valence-corrected chi connectivity index (χ4v) is 11.8. The van der Waals surface area contributed by atoms with Crippen molar-refractivity contribution >= 4 is 17.7 Å². The van der Waals surface area contributed by atoms with E-state index in [2.05, 4.69) is 34.6 Å². The molecule has 0 aromatic heterocycles. The van der Waals surface area contributed by atoms with Crippen LogP contribution < -0.4 is 5.73 Å². The average Bonchev–Trinajstić information content (AvgIpc) is 3.21. The summed E-state index contributed by atoms with van der Waals surface area (Å²) in [7, 11) is 0. The molecule has 0 spiro atoms. The van der Waals surface area contributed by atoms with Crippen LogP contribution in [0.3, 0.4) is 0 Å². The maximum atomic E-state index is 13.5. The van der Waals surface area contributed by atoms with Gasteiger partial charge in [-0.15, -0.1) is 0 Å². The highest BCUT2D eigenvalue weighted by molar-refractivity contribution is 6.00. The molecule has 8 unspecified atom stereocenters. The smallest absolute Gasteiger partial charge is 0.312 e. The molecule has 5 aliphatic carbocycles. The second kappa shape index (κ2) is 11.8. The number of Topliss-reactive ketones (excluding diaryl/α,β-unsaturated/α-hetero) is 1. The Morgan fingerprint density at radius 2 is 1.56 bits per heavy atom. The first-order valence-electron chi connectivity index (χ1n) is 18.2. The van der Waals surface area contributed by atoms with Crippen molar-refractivity contribution < 1.29 is 23.9 Å². The van der Waals surface area contributed by atoms with Crippen LogP contribution >= 0.6 is 0 Å². The Hall–Kier alpha value is -1.69. The van der Waals surface area contributed by atoms with E-state index >= 15 is 0 Å². The van der Waals surface area contributed by atoms with Crippen molar-refractivity contribution in [3.05, 3.63) is 11.1 Å². The summed E-state index contributed by atoms with van der Waals surface area (Å²) in [6.45, 7) is 21.6. The lowest BCUT2D eigenvalue weighted by Crippen LogP contribution is -2.60. The van der Waals surface area contributed by atoms with Gasteiger partial charge >= 0.3 is 11.9 Å². The molecular formula is C39H63NO5. The van der Waals surface area contributed by atoms with Gasteiger partial charge in [0.15, 0.2) is 5.78 Å². The van der Waals surface area contributed by atoms with Crippen molar-refractivity contribution in [2.45, 2.75) is 152 Å². The minimum absolute atomic E-state index is 0.00536. The lowest BCUT2D eigenvalue weighted by molar-refractivity contribution is -0.192. The highest BCUT2D eigenvalue weighted by atomic mass is 16.6. The van der Waals surface area contributed by atoms with Crippen LogP contribution in [0.4, 0.5) is 0 Å². The quantitative estimate of drug-likeness (QED) is 0.287. The van der Waals surface area contributed by atoms with Crippen LogP contribution in [0.5, 0.6) is 0 Å². The molecule has 9 atom stereocenters. The molecule has 254 valence electrons. The SMILES string of the molecule is CC(C)C1=C2C3CCC4C(C)(CCC5[C@@H](C)C(OC(=O)CC(C)(C)C(=O)OC(C)(C)C)CCC54C)C3CCC2(CCN)CC1=O. The average molecular weight is 626 g/mol. The van der Waals surface area contributed by atoms with Crippen molar-refractivity contribution in [1.82, 2.24) is 0 Å². The van der Waals surface area contributed by atoms with E-state index in [1.54, 1.807) is 13.8 Å². The molecule has 2 N–H and O–H groups in total. The summed E-state index contributed by atoms with van der Waals surface area (Å²) in [4.78, 5) is 39.5. The predicted octanol–water partition coefficient (Wildman–Crippen LogP) is 8.21. The number of ether oxygens (including phenoxy) is 2. The minimum Gasteiger partial charge on any atom is -0.462 e. The number of fused-ring (bicyclic) bond motifs is 7. The van der Waals surface area contributed by atoms with Crippen LogP contribution in [0.2, 0.25) is 0 Å². The summed E-state index contributed by atoms with van der Waals surface area (Å²) >= 11 is 0. The Morgan fingerprint density at radius 1 is 0.933 bits per heavy atom. The number of allylic oxidation sites excluding steroid dienone is 2. The first-order chi connectivity index (χ1) is 20.8. The third-order valence-corrected chi connectivity index (χ3v) is 13.7. The van der Waals surface area contributed by atoms with Crippen molar-refractivity contribution in [2.75, 3.05) is 6.54 Å². The third kappa shape index (κ3) is 5.86. The zero-order valence-electron chi connectivity index (χ0n) is 30.1. The number of hydrogen-bond donors (Lipinski definition) is 1. The predicted molar refractivity (Wildman–Crippen MR) is 178 cm³/mol. The van der Waals surface area contributed by atoms with Gasteiger partial charge in [-0.2, -0.15) is 0 Å². The Labute approximate surface area is 273 Å². The normalized spacial score (nSPS) is 40.0. The Balaban J connectivity index is 1.32. The van der Waals surface area contributed by atoms with E-state index in [-0.39, 0.29) is 52.5 Å². The van der Waals surface area contributed by atoms with Gasteiger partial charge in [0.25, 0.3) is 0 Å². The molecule has 45 heavy (non-hydrogen) atoms. The molecule has 6 heteroatoms. The molecule has 5 aliphatic rings. The van der Waals surface area contributed by atoms with Gasteiger partial charge in [-0.25, -0.2) is 0 Å². The Bertz CT molecular complexity index is 1230. The molecule has 4 fully saturated rings. The second-order valence-corrected chi connectivity index (χ2v) is 18.4. The summed E-state index contributed by atoms with van der Waals surface area (Å²) in [5, 5.41) is 0. The van der Waals surface area contributed by atoms with Crippen molar-refractivity contribution in [2.24, 2.45) is 62.9 Å². The number of ketones is 1. The van der Waals surface area contributed by atoms with Gasteiger partial charge in [0.1, 0.15) is 11.7 Å². The van der Waals surface area contributed by atoms with E-state index < -0.39 is 11.0 Å². The first kappa shape index (κ1) is 34.6. The van der Waals surface area contributed by atoms with Gasteiger partial charge in [-0.3, -0.25) is 14.4 Å². The van der Waals surface area contributed by atoms with E-state index in [1.807, 2.05) is 20.8 Å². The van der Waals surface area contributed by atoms with Crippen molar-refractivity contribution in [3.63, 3.8) is 0 Å². The highest BCUT2D eigenvalue weighted by Gasteiger charge is 2.64. The standard InChI is InChI=1S/C39H63NO5/c1-23(2)32-28(41)21-39(19-20-40)18-14-27-25(33(32)39)11-12-30-37(9)17-15-29(24(3)26(37)13-16-38(27,30)10)44-31(42)22-36(7,8)34(43)45-35(4,5)6/h23-27,29-30H,11-22,40H2,1-10H3/t24-,25?,26?,27?,29?,30?,37?,38?,39?/m1/s1. The molecule has 4 saturated carbocycles. The monoisotopic (exact) mass is 625 g/mol. The molecule has 0 heterocycles. The van der Waals surface area contributed by atoms with Crippen LogP contribution in [-0.2, 0) is 23.9 Å². The van der Waals surface area contributed by atoms with E-state index in [1.165, 1.54) is 31.3 Å². The third-order valence-electron chi connectivity index (χ3n) is 13.7. The van der Waals surface area contributed by atoms with Crippen LogP contribution in [-0.4, -0.2) is 36.0 Å². The van der Waals surface area contributed by atoms with E-state index in [9.17, 15) is 14.4 Å².